The van der Waals surface area contributed by atoms with Gasteiger partial charge in [-0.1, -0.05) is 63.2 Å². The number of hydrogen-bond donors (Lipinski definition) is 0. The van der Waals surface area contributed by atoms with Gasteiger partial charge in [-0.3, -0.25) is 0 Å². The Morgan fingerprint density at radius 3 is 2.41 bits per heavy atom. The van der Waals surface area contributed by atoms with Crippen LogP contribution in [0.3, 0.4) is 0 Å². The number of hydrogen-bond acceptors (Lipinski definition) is 1. The molecule has 2 aromatic rings. The molecule has 0 bridgehead atoms. The maximum atomic E-state index is 2.69. The van der Waals surface area contributed by atoms with Gasteiger partial charge in [0.2, 0.25) is 0 Å². The van der Waals surface area contributed by atoms with Crippen molar-refractivity contribution in [3.05, 3.63) is 48.0 Å². The van der Waals surface area contributed by atoms with Gasteiger partial charge in [0.25, 0.3) is 0 Å². The van der Waals surface area contributed by atoms with Gasteiger partial charge in [-0.15, -0.1) is 0 Å². The van der Waals surface area contributed by atoms with Crippen molar-refractivity contribution in [2.24, 2.45) is 11.8 Å². The molecule has 1 fully saturated rings. The van der Waals surface area contributed by atoms with Gasteiger partial charge in [-0.05, 0) is 60.0 Å². The lowest BCUT2D eigenvalue weighted by atomic mass is 9.84. The second-order valence-electron chi connectivity index (χ2n) is 7.40. The molecular formula is C21H29N. The van der Waals surface area contributed by atoms with Crippen molar-refractivity contribution < 1.29 is 0 Å². The Morgan fingerprint density at radius 2 is 1.68 bits per heavy atom. The molecule has 1 atom stereocenters. The molecule has 2 aromatic carbocycles. The van der Waals surface area contributed by atoms with Crippen molar-refractivity contribution in [3.8, 4) is 0 Å². The van der Waals surface area contributed by atoms with Gasteiger partial charge in [0, 0.05) is 6.54 Å². The van der Waals surface area contributed by atoms with Crippen LogP contribution in [0.4, 0.5) is 0 Å². The molecule has 0 spiro atoms. The Hall–Kier alpha value is -1.34. The van der Waals surface area contributed by atoms with E-state index in [1.807, 2.05) is 0 Å². The lowest BCUT2D eigenvalue weighted by molar-refractivity contribution is 0.172. The number of nitrogens with zero attached hydrogens (tertiary/aromatic N) is 1. The van der Waals surface area contributed by atoms with Gasteiger partial charge in [-0.25, -0.2) is 0 Å². The summed E-state index contributed by atoms with van der Waals surface area (Å²) in [6, 6.07) is 15.6. The fraction of sp³-hybridized carbons (Fsp3) is 0.524. The van der Waals surface area contributed by atoms with E-state index in [-0.39, 0.29) is 0 Å². The SMILES string of the molecule is CC1CCN(C[C@H](c2cccc3ccccc23)C(C)C)CC1. The molecule has 0 radical (unpaired) electrons. The van der Waals surface area contributed by atoms with Crippen molar-refractivity contribution in [2.75, 3.05) is 19.6 Å². The molecule has 1 aliphatic rings. The average Bonchev–Trinajstić information content (AvgIpc) is 2.54. The largest absolute Gasteiger partial charge is 0.303 e. The van der Waals surface area contributed by atoms with Crippen LogP contribution in [0.1, 0.15) is 45.1 Å². The Kier molecular flexibility index (Phi) is 4.83. The molecule has 1 heterocycles. The summed E-state index contributed by atoms with van der Waals surface area (Å²) < 4.78 is 0. The molecule has 1 nitrogen and oxygen atoms in total. The maximum Gasteiger partial charge on any atom is 0.00530 e. The highest BCUT2D eigenvalue weighted by molar-refractivity contribution is 5.86. The molecule has 1 aliphatic heterocycles. The lowest BCUT2D eigenvalue weighted by Gasteiger charge is -2.35. The van der Waals surface area contributed by atoms with Crippen LogP contribution in [0, 0.1) is 11.8 Å². The van der Waals surface area contributed by atoms with Crippen LogP contribution in [-0.2, 0) is 0 Å². The molecule has 0 saturated carbocycles. The summed E-state index contributed by atoms with van der Waals surface area (Å²) in [5.41, 5.74) is 1.53. The molecule has 0 amide bonds. The van der Waals surface area contributed by atoms with Crippen molar-refractivity contribution in [1.29, 1.82) is 0 Å². The smallest absolute Gasteiger partial charge is 0.00530 e. The third kappa shape index (κ3) is 3.35. The Labute approximate surface area is 135 Å². The fourth-order valence-corrected chi connectivity index (χ4v) is 3.76. The van der Waals surface area contributed by atoms with Crippen LogP contribution < -0.4 is 0 Å². The van der Waals surface area contributed by atoms with E-state index in [0.717, 1.165) is 5.92 Å². The van der Waals surface area contributed by atoms with Crippen LogP contribution in [0.5, 0.6) is 0 Å². The van der Waals surface area contributed by atoms with Crippen LogP contribution in [0.15, 0.2) is 42.5 Å². The van der Waals surface area contributed by atoms with Gasteiger partial charge in [0.05, 0.1) is 0 Å². The third-order valence-electron chi connectivity index (χ3n) is 5.36. The monoisotopic (exact) mass is 295 g/mol. The molecule has 0 aliphatic carbocycles. The van der Waals surface area contributed by atoms with Gasteiger partial charge in [0.15, 0.2) is 0 Å². The van der Waals surface area contributed by atoms with Crippen molar-refractivity contribution in [1.82, 2.24) is 4.90 Å². The summed E-state index contributed by atoms with van der Waals surface area (Å²) in [6.45, 7) is 10.9. The predicted molar refractivity (Wildman–Crippen MR) is 96.4 cm³/mol. The summed E-state index contributed by atoms with van der Waals surface area (Å²) in [7, 11) is 0. The first-order chi connectivity index (χ1) is 10.6. The summed E-state index contributed by atoms with van der Waals surface area (Å²) in [6.07, 6.45) is 2.72. The van der Waals surface area contributed by atoms with E-state index in [1.165, 1.54) is 48.8 Å². The average molecular weight is 295 g/mol. The molecular weight excluding hydrogens is 266 g/mol. The molecule has 22 heavy (non-hydrogen) atoms. The number of piperidine rings is 1. The predicted octanol–water partition coefficient (Wildman–Crippen LogP) is 5.31. The Morgan fingerprint density at radius 1 is 1.00 bits per heavy atom. The first kappa shape index (κ1) is 15.6. The van der Waals surface area contributed by atoms with E-state index < -0.39 is 0 Å². The van der Waals surface area contributed by atoms with E-state index in [2.05, 4.69) is 68.1 Å². The van der Waals surface area contributed by atoms with Crippen LogP contribution in [-0.4, -0.2) is 24.5 Å². The fourth-order valence-electron chi connectivity index (χ4n) is 3.76. The number of rotatable bonds is 4. The van der Waals surface area contributed by atoms with E-state index in [1.54, 1.807) is 0 Å². The van der Waals surface area contributed by atoms with E-state index in [4.69, 9.17) is 0 Å². The molecule has 1 heteroatoms. The molecule has 1 saturated heterocycles. The first-order valence-electron chi connectivity index (χ1n) is 8.85. The minimum Gasteiger partial charge on any atom is -0.303 e. The van der Waals surface area contributed by atoms with Crippen LogP contribution >= 0.6 is 0 Å². The zero-order valence-corrected chi connectivity index (χ0v) is 14.3. The van der Waals surface area contributed by atoms with Crippen molar-refractivity contribution in [3.63, 3.8) is 0 Å². The minimum atomic E-state index is 0.625. The van der Waals surface area contributed by atoms with Crippen molar-refractivity contribution in [2.45, 2.75) is 39.5 Å². The summed E-state index contributed by atoms with van der Waals surface area (Å²) in [5, 5.41) is 2.81. The van der Waals surface area contributed by atoms with Gasteiger partial charge < -0.3 is 4.90 Å². The van der Waals surface area contributed by atoms with Crippen LogP contribution in [0.2, 0.25) is 0 Å². The second-order valence-corrected chi connectivity index (χ2v) is 7.40. The highest BCUT2D eigenvalue weighted by Crippen LogP contribution is 2.32. The third-order valence-corrected chi connectivity index (χ3v) is 5.36. The van der Waals surface area contributed by atoms with Gasteiger partial charge >= 0.3 is 0 Å². The highest BCUT2D eigenvalue weighted by Gasteiger charge is 2.23. The first-order valence-corrected chi connectivity index (χ1v) is 8.85. The van der Waals surface area contributed by atoms with Gasteiger partial charge in [0.1, 0.15) is 0 Å². The van der Waals surface area contributed by atoms with E-state index in [0.29, 0.717) is 11.8 Å². The Bertz CT molecular complexity index is 603. The maximum absolute atomic E-state index is 2.69. The minimum absolute atomic E-state index is 0.625. The molecule has 3 rings (SSSR count). The summed E-state index contributed by atoms with van der Waals surface area (Å²) >= 11 is 0. The lowest BCUT2D eigenvalue weighted by Crippen LogP contribution is -2.37. The zero-order valence-electron chi connectivity index (χ0n) is 14.3. The van der Waals surface area contributed by atoms with E-state index in [9.17, 15) is 0 Å². The quantitative estimate of drug-likeness (QED) is 0.738. The van der Waals surface area contributed by atoms with E-state index >= 15 is 0 Å². The highest BCUT2D eigenvalue weighted by atomic mass is 15.1. The van der Waals surface area contributed by atoms with Crippen LogP contribution in [0.25, 0.3) is 10.8 Å². The summed E-state index contributed by atoms with van der Waals surface area (Å²) in [5.74, 6) is 2.20. The number of likely N-dealkylation sites (tertiary alicyclic amines) is 1. The molecule has 118 valence electrons. The topological polar surface area (TPSA) is 3.24 Å². The molecule has 0 N–H and O–H groups in total. The second kappa shape index (κ2) is 6.83. The number of benzene rings is 2. The standard InChI is InChI=1S/C21H29N/c1-16(2)21(15-22-13-11-17(3)12-14-22)20-10-6-8-18-7-4-5-9-19(18)20/h4-10,16-17,21H,11-15H2,1-3H3/t21-/m0/s1. The van der Waals surface area contributed by atoms with Crippen molar-refractivity contribution >= 4 is 10.8 Å². The number of fused-ring (bicyclic) bond motifs is 1. The normalized spacial score (nSPS) is 18.9. The summed E-state index contributed by atoms with van der Waals surface area (Å²) in [4.78, 5) is 2.69. The molecule has 0 unspecified atom stereocenters. The zero-order chi connectivity index (χ0) is 15.5. The molecule has 0 aromatic heterocycles. The Balaban J connectivity index is 1.87. The van der Waals surface area contributed by atoms with Gasteiger partial charge in [-0.2, -0.15) is 0 Å².